The first kappa shape index (κ1) is 8.17. The van der Waals surface area contributed by atoms with Crippen molar-refractivity contribution in [2.24, 2.45) is 0 Å². The van der Waals surface area contributed by atoms with Crippen LogP contribution < -0.4 is 5.32 Å². The third-order valence-corrected chi connectivity index (χ3v) is 2.49. The van der Waals surface area contributed by atoms with Crippen molar-refractivity contribution in [3.63, 3.8) is 0 Å². The molecule has 1 N–H and O–H groups in total. The first-order chi connectivity index (χ1) is 4.83. The van der Waals surface area contributed by atoms with Gasteiger partial charge in [-0.3, -0.25) is 0 Å². The average molecular weight is 221 g/mol. The van der Waals surface area contributed by atoms with Gasteiger partial charge in [-0.25, -0.2) is 4.98 Å². The summed E-state index contributed by atoms with van der Waals surface area (Å²) in [6, 6.07) is 0. The molecule has 0 spiro atoms. The molecule has 1 aromatic rings. The van der Waals surface area contributed by atoms with Crippen molar-refractivity contribution in [1.82, 2.24) is 10.3 Å². The third kappa shape index (κ3) is 2.36. The molecule has 0 saturated carbocycles. The fraction of sp³-hybridized carbons (Fsp3) is 0.500. The van der Waals surface area contributed by atoms with Gasteiger partial charge in [0.25, 0.3) is 0 Å². The quantitative estimate of drug-likeness (QED) is 0.844. The van der Waals surface area contributed by atoms with Crippen molar-refractivity contribution in [3.8, 4) is 0 Å². The van der Waals surface area contributed by atoms with Gasteiger partial charge in [0, 0.05) is 11.9 Å². The molecule has 4 heteroatoms. The molecule has 0 unspecified atom stereocenters. The second-order valence-corrected chi connectivity index (χ2v) is 4.01. The number of nitrogens with one attached hydrogen (secondary N) is 1. The molecule has 2 nitrogen and oxygen atoms in total. The highest BCUT2D eigenvalue weighted by molar-refractivity contribution is 9.11. The second kappa shape index (κ2) is 4.05. The topological polar surface area (TPSA) is 24.9 Å². The maximum absolute atomic E-state index is 4.22. The number of halogens is 1. The lowest BCUT2D eigenvalue weighted by molar-refractivity contribution is 0.713. The van der Waals surface area contributed by atoms with E-state index in [2.05, 4.69) is 33.2 Å². The van der Waals surface area contributed by atoms with Crippen LogP contribution in [0.3, 0.4) is 0 Å². The van der Waals surface area contributed by atoms with Crippen LogP contribution in [0.5, 0.6) is 0 Å². The highest BCUT2D eigenvalue weighted by Crippen LogP contribution is 2.15. The Morgan fingerprint density at radius 3 is 3.10 bits per heavy atom. The Bertz CT molecular complexity index is 199. The third-order valence-electron chi connectivity index (χ3n) is 1.08. The summed E-state index contributed by atoms with van der Waals surface area (Å²) in [5, 5.41) is 5.25. The zero-order valence-corrected chi connectivity index (χ0v) is 8.13. The molecule has 0 saturated heterocycles. The van der Waals surface area contributed by atoms with E-state index < -0.39 is 0 Å². The number of nitrogens with zero attached hydrogens (tertiary/aromatic N) is 1. The van der Waals surface area contributed by atoms with Crippen LogP contribution in [0.15, 0.2) is 9.30 Å². The van der Waals surface area contributed by atoms with Crippen molar-refractivity contribution in [3.05, 3.63) is 15.0 Å². The van der Waals surface area contributed by atoms with Crippen LogP contribution in [-0.4, -0.2) is 11.5 Å². The van der Waals surface area contributed by atoms with Crippen molar-refractivity contribution in [2.45, 2.75) is 13.5 Å². The van der Waals surface area contributed by atoms with E-state index in [4.69, 9.17) is 0 Å². The van der Waals surface area contributed by atoms with E-state index in [1.165, 1.54) is 0 Å². The smallest absolute Gasteiger partial charge is 0.159 e. The summed E-state index contributed by atoms with van der Waals surface area (Å²) in [6.07, 6.45) is 0. The predicted molar refractivity (Wildman–Crippen MR) is 47.2 cm³/mol. The van der Waals surface area contributed by atoms with Crippen LogP contribution in [0.4, 0.5) is 0 Å². The van der Waals surface area contributed by atoms with Crippen LogP contribution in [0.2, 0.25) is 0 Å². The molecule has 0 bridgehead atoms. The van der Waals surface area contributed by atoms with Gasteiger partial charge in [0.1, 0.15) is 0 Å². The van der Waals surface area contributed by atoms with E-state index in [-0.39, 0.29) is 0 Å². The zero-order chi connectivity index (χ0) is 7.40. The maximum atomic E-state index is 4.22. The van der Waals surface area contributed by atoms with Crippen LogP contribution in [0.1, 0.15) is 12.6 Å². The molecule has 0 amide bonds. The first-order valence-electron chi connectivity index (χ1n) is 3.13. The van der Waals surface area contributed by atoms with Crippen molar-refractivity contribution >= 4 is 27.3 Å². The minimum Gasteiger partial charge on any atom is -0.311 e. The Kier molecular flexibility index (Phi) is 3.31. The van der Waals surface area contributed by atoms with Gasteiger partial charge < -0.3 is 5.32 Å². The number of hydrogen-bond acceptors (Lipinski definition) is 3. The largest absolute Gasteiger partial charge is 0.311 e. The van der Waals surface area contributed by atoms with E-state index in [1.807, 2.05) is 5.38 Å². The Morgan fingerprint density at radius 1 is 1.80 bits per heavy atom. The molecule has 0 aromatic carbocycles. The fourth-order valence-corrected chi connectivity index (χ4v) is 1.66. The van der Waals surface area contributed by atoms with E-state index in [0.717, 1.165) is 22.7 Å². The minimum absolute atomic E-state index is 0.874. The minimum atomic E-state index is 0.874. The van der Waals surface area contributed by atoms with Gasteiger partial charge in [-0.05, 0) is 22.5 Å². The number of aromatic nitrogens is 1. The molecule has 0 atom stereocenters. The summed E-state index contributed by atoms with van der Waals surface area (Å²) in [5.74, 6) is 0. The molecule has 1 heterocycles. The van der Waals surface area contributed by atoms with Gasteiger partial charge in [-0.15, -0.1) is 11.3 Å². The predicted octanol–water partition coefficient (Wildman–Crippen LogP) is 2.02. The van der Waals surface area contributed by atoms with E-state index in [9.17, 15) is 0 Å². The summed E-state index contributed by atoms with van der Waals surface area (Å²) >= 11 is 4.92. The van der Waals surface area contributed by atoms with Gasteiger partial charge in [0.05, 0.1) is 5.69 Å². The summed E-state index contributed by atoms with van der Waals surface area (Å²) in [7, 11) is 0. The van der Waals surface area contributed by atoms with Crippen LogP contribution in [0.25, 0.3) is 0 Å². The van der Waals surface area contributed by atoms with Gasteiger partial charge in [-0.2, -0.15) is 0 Å². The highest BCUT2D eigenvalue weighted by atomic mass is 79.9. The molecule has 0 fully saturated rings. The zero-order valence-electron chi connectivity index (χ0n) is 5.72. The van der Waals surface area contributed by atoms with Crippen molar-refractivity contribution < 1.29 is 0 Å². The summed E-state index contributed by atoms with van der Waals surface area (Å²) in [4.78, 5) is 4.22. The lowest BCUT2D eigenvalue weighted by Gasteiger charge is -1.94. The monoisotopic (exact) mass is 220 g/mol. The van der Waals surface area contributed by atoms with E-state index in [0.29, 0.717) is 0 Å². The maximum Gasteiger partial charge on any atom is 0.159 e. The standard InChI is InChI=1S/C6H9BrN2S/c1-2-8-3-5-4-10-6(7)9-5/h4,8H,2-3H2,1H3. The summed E-state index contributed by atoms with van der Waals surface area (Å²) in [6.45, 7) is 3.95. The second-order valence-electron chi connectivity index (χ2n) is 1.87. The Balaban J connectivity index is 2.42. The van der Waals surface area contributed by atoms with E-state index >= 15 is 0 Å². The molecule has 0 aliphatic carbocycles. The number of thiazole rings is 1. The van der Waals surface area contributed by atoms with Gasteiger partial charge in [0.2, 0.25) is 0 Å². The lowest BCUT2D eigenvalue weighted by Crippen LogP contribution is -2.11. The van der Waals surface area contributed by atoms with Crippen molar-refractivity contribution in [1.29, 1.82) is 0 Å². The van der Waals surface area contributed by atoms with Crippen molar-refractivity contribution in [2.75, 3.05) is 6.54 Å². The van der Waals surface area contributed by atoms with Gasteiger partial charge in [-0.1, -0.05) is 6.92 Å². The van der Waals surface area contributed by atoms with Crippen LogP contribution in [0, 0.1) is 0 Å². The summed E-state index contributed by atoms with van der Waals surface area (Å²) < 4.78 is 0.959. The molecule has 56 valence electrons. The molecular formula is C6H9BrN2S. The Labute approximate surface area is 72.8 Å². The average Bonchev–Trinajstić information content (AvgIpc) is 2.31. The van der Waals surface area contributed by atoms with Crippen LogP contribution in [-0.2, 0) is 6.54 Å². The van der Waals surface area contributed by atoms with Gasteiger partial charge >= 0.3 is 0 Å². The Morgan fingerprint density at radius 2 is 2.60 bits per heavy atom. The fourth-order valence-electron chi connectivity index (χ4n) is 0.617. The number of hydrogen-bond donors (Lipinski definition) is 1. The molecule has 0 aliphatic rings. The number of rotatable bonds is 3. The molecule has 0 aliphatic heterocycles. The SMILES string of the molecule is CCNCc1csc(Br)n1. The van der Waals surface area contributed by atoms with E-state index in [1.54, 1.807) is 11.3 Å². The molecule has 10 heavy (non-hydrogen) atoms. The van der Waals surface area contributed by atoms with Crippen LogP contribution >= 0.6 is 27.3 Å². The molecule has 0 radical (unpaired) electrons. The first-order valence-corrected chi connectivity index (χ1v) is 4.81. The highest BCUT2D eigenvalue weighted by Gasteiger charge is 1.95. The molecule has 1 aromatic heterocycles. The summed E-state index contributed by atoms with van der Waals surface area (Å²) in [5.41, 5.74) is 1.11. The normalized spacial score (nSPS) is 10.2. The molecular weight excluding hydrogens is 212 g/mol. The lowest BCUT2D eigenvalue weighted by atomic mass is 10.5. The van der Waals surface area contributed by atoms with Gasteiger partial charge in [0.15, 0.2) is 3.92 Å². The molecule has 1 rings (SSSR count). The Hall–Kier alpha value is 0.0700.